The lowest BCUT2D eigenvalue weighted by atomic mass is 10.2. The molecule has 2 aromatic heterocycles. The molecular weight excluding hydrogens is 348 g/mol. The molecule has 4 rings (SSSR count). The summed E-state index contributed by atoms with van der Waals surface area (Å²) in [7, 11) is 0. The second-order valence-electron chi connectivity index (χ2n) is 5.62. The van der Waals surface area contributed by atoms with E-state index in [9.17, 15) is 0 Å². The summed E-state index contributed by atoms with van der Waals surface area (Å²) >= 11 is 9.04. The average Bonchev–Trinajstić information content (AvgIpc) is 3.13. The molecule has 7 heteroatoms. The highest BCUT2D eigenvalue weighted by atomic mass is 35.5. The number of nitrogens with one attached hydrogen (secondary N) is 1. The monoisotopic (exact) mass is 362 g/mol. The first kappa shape index (κ1) is 15.1. The van der Waals surface area contributed by atoms with Crippen molar-refractivity contribution in [3.63, 3.8) is 0 Å². The second-order valence-corrected chi connectivity index (χ2v) is 7.75. The number of hydrogen-bond acceptors (Lipinski definition) is 6. The van der Waals surface area contributed by atoms with E-state index in [0.29, 0.717) is 12.5 Å². The van der Waals surface area contributed by atoms with Crippen LogP contribution in [0.3, 0.4) is 0 Å². The summed E-state index contributed by atoms with van der Waals surface area (Å²) in [6.45, 7) is 0.691. The van der Waals surface area contributed by atoms with E-state index in [4.69, 9.17) is 11.6 Å². The Bertz CT molecular complexity index is 793. The number of benzene rings is 1. The molecule has 1 aliphatic rings. The molecular formula is C16H15ClN4S2. The molecule has 1 saturated carbocycles. The van der Waals surface area contributed by atoms with Gasteiger partial charge in [-0.2, -0.15) is 4.37 Å². The Morgan fingerprint density at radius 1 is 1.17 bits per heavy atom. The number of rotatable bonds is 6. The Hall–Kier alpha value is -1.50. The van der Waals surface area contributed by atoms with Gasteiger partial charge >= 0.3 is 0 Å². The molecule has 1 N–H and O–H groups in total. The van der Waals surface area contributed by atoms with Crippen molar-refractivity contribution in [2.75, 3.05) is 5.32 Å². The van der Waals surface area contributed by atoms with Crippen LogP contribution < -0.4 is 5.32 Å². The lowest BCUT2D eigenvalue weighted by molar-refractivity contribution is 0.972. The zero-order valence-corrected chi connectivity index (χ0v) is 14.7. The Kier molecular flexibility index (Phi) is 4.29. The Morgan fingerprint density at radius 2 is 2.00 bits per heavy atom. The van der Waals surface area contributed by atoms with Crippen molar-refractivity contribution in [1.29, 1.82) is 0 Å². The van der Waals surface area contributed by atoms with Gasteiger partial charge in [0.2, 0.25) is 5.13 Å². The zero-order chi connectivity index (χ0) is 15.6. The van der Waals surface area contributed by atoms with Gasteiger partial charge < -0.3 is 5.32 Å². The van der Waals surface area contributed by atoms with Crippen LogP contribution >= 0.6 is 34.5 Å². The highest BCUT2D eigenvalue weighted by molar-refractivity contribution is 7.10. The summed E-state index contributed by atoms with van der Waals surface area (Å²) in [6.07, 6.45) is 3.30. The number of aromatic nitrogens is 3. The summed E-state index contributed by atoms with van der Waals surface area (Å²) < 4.78 is 4.40. The molecule has 0 spiro atoms. The van der Waals surface area contributed by atoms with E-state index in [0.717, 1.165) is 33.1 Å². The van der Waals surface area contributed by atoms with Crippen molar-refractivity contribution in [3.05, 3.63) is 56.8 Å². The molecule has 3 aromatic rings. The van der Waals surface area contributed by atoms with Gasteiger partial charge in [0.05, 0.1) is 17.2 Å². The molecule has 0 radical (unpaired) electrons. The minimum absolute atomic E-state index is 0.604. The van der Waals surface area contributed by atoms with E-state index >= 15 is 0 Å². The number of hydrogen-bond donors (Lipinski definition) is 1. The van der Waals surface area contributed by atoms with Crippen LogP contribution in [0.2, 0.25) is 5.02 Å². The summed E-state index contributed by atoms with van der Waals surface area (Å²) in [5.74, 6) is 1.60. The maximum Gasteiger partial charge on any atom is 0.202 e. The topological polar surface area (TPSA) is 50.7 Å². The van der Waals surface area contributed by atoms with Crippen LogP contribution in [0.15, 0.2) is 29.6 Å². The van der Waals surface area contributed by atoms with E-state index in [1.807, 2.05) is 24.3 Å². The van der Waals surface area contributed by atoms with Gasteiger partial charge in [0.1, 0.15) is 5.82 Å². The van der Waals surface area contributed by atoms with Gasteiger partial charge in [0.15, 0.2) is 0 Å². The van der Waals surface area contributed by atoms with E-state index in [1.165, 1.54) is 29.9 Å². The Morgan fingerprint density at radius 3 is 2.78 bits per heavy atom. The van der Waals surface area contributed by atoms with Crippen molar-refractivity contribution >= 4 is 39.6 Å². The van der Waals surface area contributed by atoms with Gasteiger partial charge in [-0.15, -0.1) is 11.3 Å². The van der Waals surface area contributed by atoms with E-state index in [2.05, 4.69) is 25.0 Å². The van der Waals surface area contributed by atoms with Crippen molar-refractivity contribution in [2.24, 2.45) is 0 Å². The van der Waals surface area contributed by atoms with Gasteiger partial charge in [-0.25, -0.2) is 9.97 Å². The molecule has 0 unspecified atom stereocenters. The predicted molar refractivity (Wildman–Crippen MR) is 95.6 cm³/mol. The van der Waals surface area contributed by atoms with Crippen LogP contribution in [0.4, 0.5) is 5.13 Å². The van der Waals surface area contributed by atoms with E-state index in [-0.39, 0.29) is 0 Å². The largest absolute Gasteiger partial charge is 0.355 e. The third-order valence-electron chi connectivity index (χ3n) is 3.67. The van der Waals surface area contributed by atoms with Crippen molar-refractivity contribution in [2.45, 2.75) is 31.7 Å². The summed E-state index contributed by atoms with van der Waals surface area (Å²) in [4.78, 5) is 9.21. The standard InChI is InChI=1S/C16H15ClN4S2/c17-12-5-1-10(2-6-12)7-14-19-13(9-22-14)8-18-16-20-15(21-23-16)11-3-4-11/h1-2,5-6,9,11H,3-4,7-8H2,(H,18,20,21). The quantitative estimate of drug-likeness (QED) is 0.688. The normalized spacial score (nSPS) is 14.1. The minimum Gasteiger partial charge on any atom is -0.355 e. The molecule has 0 bridgehead atoms. The molecule has 23 heavy (non-hydrogen) atoms. The smallest absolute Gasteiger partial charge is 0.202 e. The lowest BCUT2D eigenvalue weighted by Gasteiger charge is -1.99. The third-order valence-corrected chi connectivity index (χ3v) is 5.51. The maximum absolute atomic E-state index is 5.91. The molecule has 2 heterocycles. The summed E-state index contributed by atoms with van der Waals surface area (Å²) in [6, 6.07) is 7.92. The number of anilines is 1. The Labute approximate surface area is 147 Å². The predicted octanol–water partition coefficient (Wildman–Crippen LogP) is 4.73. The highest BCUT2D eigenvalue weighted by Crippen LogP contribution is 2.39. The molecule has 118 valence electrons. The first-order valence-corrected chi connectivity index (χ1v) is 9.54. The summed E-state index contributed by atoms with van der Waals surface area (Å²) in [5, 5.41) is 8.18. The summed E-state index contributed by atoms with van der Waals surface area (Å²) in [5.41, 5.74) is 2.27. The van der Waals surface area contributed by atoms with Crippen LogP contribution in [0.25, 0.3) is 0 Å². The van der Waals surface area contributed by atoms with Crippen LogP contribution in [0.1, 0.15) is 40.8 Å². The Balaban J connectivity index is 1.34. The minimum atomic E-state index is 0.604. The van der Waals surface area contributed by atoms with Crippen molar-refractivity contribution in [3.8, 4) is 0 Å². The van der Waals surface area contributed by atoms with Crippen LogP contribution in [0.5, 0.6) is 0 Å². The fraction of sp³-hybridized carbons (Fsp3) is 0.312. The number of nitrogens with zero attached hydrogens (tertiary/aromatic N) is 3. The molecule has 0 atom stereocenters. The van der Waals surface area contributed by atoms with Crippen LogP contribution in [0, 0.1) is 0 Å². The maximum atomic E-state index is 5.91. The fourth-order valence-electron chi connectivity index (χ4n) is 2.27. The number of halogens is 1. The first-order chi connectivity index (χ1) is 11.3. The van der Waals surface area contributed by atoms with Gasteiger partial charge in [-0.1, -0.05) is 23.7 Å². The molecule has 1 aromatic carbocycles. The van der Waals surface area contributed by atoms with Gasteiger partial charge in [0, 0.05) is 34.3 Å². The molecule has 1 fully saturated rings. The lowest BCUT2D eigenvalue weighted by Crippen LogP contribution is -2.00. The first-order valence-electron chi connectivity index (χ1n) is 7.51. The SMILES string of the molecule is Clc1ccc(Cc2nc(CNc3nc(C4CC4)ns3)cs2)cc1. The second kappa shape index (κ2) is 6.55. The van der Waals surface area contributed by atoms with Gasteiger partial charge in [0.25, 0.3) is 0 Å². The molecule has 0 amide bonds. The van der Waals surface area contributed by atoms with Gasteiger partial charge in [-0.05, 0) is 30.5 Å². The fourth-order valence-corrected chi connectivity index (χ4v) is 3.86. The highest BCUT2D eigenvalue weighted by Gasteiger charge is 2.27. The van der Waals surface area contributed by atoms with E-state index in [1.54, 1.807) is 11.3 Å². The zero-order valence-electron chi connectivity index (χ0n) is 12.3. The molecule has 1 aliphatic carbocycles. The van der Waals surface area contributed by atoms with Gasteiger partial charge in [-0.3, -0.25) is 0 Å². The van der Waals surface area contributed by atoms with Crippen molar-refractivity contribution in [1.82, 2.24) is 14.3 Å². The average molecular weight is 363 g/mol. The van der Waals surface area contributed by atoms with Crippen molar-refractivity contribution < 1.29 is 0 Å². The molecule has 4 nitrogen and oxygen atoms in total. The molecule has 0 aliphatic heterocycles. The van der Waals surface area contributed by atoms with Crippen LogP contribution in [-0.2, 0) is 13.0 Å². The van der Waals surface area contributed by atoms with Crippen LogP contribution in [-0.4, -0.2) is 14.3 Å². The number of thiazole rings is 1. The third kappa shape index (κ3) is 3.88. The molecule has 0 saturated heterocycles. The van der Waals surface area contributed by atoms with E-state index < -0.39 is 0 Å².